The number of sulfonamides is 1. The van der Waals surface area contributed by atoms with Crippen LogP contribution in [0.5, 0.6) is 0 Å². The van der Waals surface area contributed by atoms with Crippen molar-refractivity contribution in [2.45, 2.75) is 17.7 Å². The van der Waals surface area contributed by atoms with Crippen LogP contribution in [0.2, 0.25) is 5.02 Å². The number of methoxy groups -OCH3 is 1. The zero-order chi connectivity index (χ0) is 20.7. The Kier molecular flexibility index (Phi) is 7.56. The average molecular weight is 425 g/mol. The molecular weight excluding hydrogens is 404 g/mol. The number of carbonyl (C=O) groups is 2. The molecule has 7 nitrogen and oxygen atoms in total. The maximum absolute atomic E-state index is 12.4. The number of benzene rings is 2. The van der Waals surface area contributed by atoms with Crippen molar-refractivity contribution in [1.82, 2.24) is 4.31 Å². The summed E-state index contributed by atoms with van der Waals surface area (Å²) in [4.78, 5) is 24.0. The maximum atomic E-state index is 12.4. The molecule has 0 bridgehead atoms. The lowest BCUT2D eigenvalue weighted by molar-refractivity contribution is -0.116. The van der Waals surface area contributed by atoms with Gasteiger partial charge in [0.2, 0.25) is 15.9 Å². The van der Waals surface area contributed by atoms with Gasteiger partial charge in [0.1, 0.15) is 0 Å². The Labute approximate surface area is 169 Å². The molecule has 0 unspecified atom stereocenters. The lowest BCUT2D eigenvalue weighted by Crippen LogP contribution is -2.28. The second kappa shape index (κ2) is 9.68. The van der Waals surface area contributed by atoms with Crippen molar-refractivity contribution in [3.8, 4) is 0 Å². The first-order valence-corrected chi connectivity index (χ1v) is 10.3. The van der Waals surface area contributed by atoms with E-state index in [9.17, 15) is 18.0 Å². The third kappa shape index (κ3) is 5.54. The predicted molar refractivity (Wildman–Crippen MR) is 107 cm³/mol. The number of hydrogen-bond acceptors (Lipinski definition) is 5. The molecule has 1 amide bonds. The molecule has 28 heavy (non-hydrogen) atoms. The Morgan fingerprint density at radius 1 is 1.14 bits per heavy atom. The predicted octanol–water partition coefficient (Wildman–Crippen LogP) is 3.17. The first-order valence-electron chi connectivity index (χ1n) is 8.45. The Morgan fingerprint density at radius 2 is 1.82 bits per heavy atom. The van der Waals surface area contributed by atoms with Crippen LogP contribution in [0.3, 0.4) is 0 Å². The highest BCUT2D eigenvalue weighted by Gasteiger charge is 2.20. The van der Waals surface area contributed by atoms with Crippen molar-refractivity contribution in [2.24, 2.45) is 0 Å². The summed E-state index contributed by atoms with van der Waals surface area (Å²) in [5.74, 6) is -0.905. The molecule has 0 radical (unpaired) electrons. The molecule has 0 aliphatic heterocycles. The van der Waals surface area contributed by atoms with Crippen LogP contribution < -0.4 is 5.32 Å². The number of esters is 1. The van der Waals surface area contributed by atoms with E-state index in [-0.39, 0.29) is 34.4 Å². The summed E-state index contributed by atoms with van der Waals surface area (Å²) in [7, 11) is -0.869. The van der Waals surface area contributed by atoms with Gasteiger partial charge in [0.15, 0.2) is 0 Å². The maximum Gasteiger partial charge on any atom is 0.339 e. The highest BCUT2D eigenvalue weighted by Crippen LogP contribution is 2.21. The molecule has 0 aliphatic rings. The number of ether oxygens (including phenoxy) is 1. The van der Waals surface area contributed by atoms with Crippen molar-refractivity contribution in [3.63, 3.8) is 0 Å². The van der Waals surface area contributed by atoms with Crippen molar-refractivity contribution in [3.05, 3.63) is 59.1 Å². The highest BCUT2D eigenvalue weighted by molar-refractivity contribution is 7.89. The lowest BCUT2D eigenvalue weighted by Gasteiger charge is -2.17. The SMILES string of the molecule is COC(=O)c1cc(NC(=O)CCCN(C)S(=O)(=O)c2ccccc2)ccc1Cl. The van der Waals surface area contributed by atoms with Crippen LogP contribution in [0.4, 0.5) is 5.69 Å². The molecule has 1 N–H and O–H groups in total. The van der Waals surface area contributed by atoms with Gasteiger partial charge in [-0.15, -0.1) is 0 Å². The molecule has 0 heterocycles. The van der Waals surface area contributed by atoms with Gasteiger partial charge >= 0.3 is 5.97 Å². The van der Waals surface area contributed by atoms with Crippen molar-refractivity contribution in [2.75, 3.05) is 26.0 Å². The highest BCUT2D eigenvalue weighted by atomic mass is 35.5. The van der Waals surface area contributed by atoms with Crippen LogP contribution in [0.1, 0.15) is 23.2 Å². The molecule has 0 spiro atoms. The third-order valence-electron chi connectivity index (χ3n) is 3.98. The number of rotatable bonds is 8. The Hall–Kier alpha value is -2.42. The number of halogens is 1. The summed E-state index contributed by atoms with van der Waals surface area (Å²) in [6.45, 7) is 0.193. The first kappa shape index (κ1) is 21.9. The number of carbonyl (C=O) groups excluding carboxylic acids is 2. The molecule has 0 saturated carbocycles. The van der Waals surface area contributed by atoms with Crippen molar-refractivity contribution >= 4 is 39.2 Å². The largest absolute Gasteiger partial charge is 0.465 e. The van der Waals surface area contributed by atoms with Gasteiger partial charge in [-0.3, -0.25) is 4.79 Å². The standard InChI is InChI=1S/C19H21ClN2O5S/c1-22(28(25,26)15-7-4-3-5-8-15)12-6-9-18(23)21-14-10-11-17(20)16(13-14)19(24)27-2/h3-5,7-8,10-11,13H,6,9,12H2,1-2H3,(H,21,23). The average Bonchev–Trinajstić information content (AvgIpc) is 2.69. The molecular formula is C19H21ClN2O5S. The van der Waals surface area contributed by atoms with Gasteiger partial charge in [0.05, 0.1) is 22.6 Å². The minimum absolute atomic E-state index is 0.116. The summed E-state index contributed by atoms with van der Waals surface area (Å²) >= 11 is 5.94. The molecule has 0 aromatic heterocycles. The molecule has 0 aliphatic carbocycles. The van der Waals surface area contributed by atoms with Gasteiger partial charge in [-0.1, -0.05) is 29.8 Å². The molecule has 2 rings (SSSR count). The van der Waals surface area contributed by atoms with Crippen LogP contribution in [-0.2, 0) is 19.6 Å². The number of hydrogen-bond donors (Lipinski definition) is 1. The van der Waals surface area contributed by atoms with Crippen LogP contribution >= 0.6 is 11.6 Å². The summed E-state index contributed by atoms with van der Waals surface area (Å²) in [5.41, 5.74) is 0.552. The Balaban J connectivity index is 1.90. The molecule has 150 valence electrons. The van der Waals surface area contributed by atoms with E-state index >= 15 is 0 Å². The monoisotopic (exact) mass is 424 g/mol. The lowest BCUT2D eigenvalue weighted by atomic mass is 10.2. The van der Waals surface area contributed by atoms with Crippen molar-refractivity contribution in [1.29, 1.82) is 0 Å². The van der Waals surface area contributed by atoms with E-state index in [1.54, 1.807) is 24.3 Å². The van der Waals surface area contributed by atoms with Gasteiger partial charge < -0.3 is 10.1 Å². The number of nitrogens with one attached hydrogen (secondary N) is 1. The van der Waals surface area contributed by atoms with Crippen LogP contribution in [0.25, 0.3) is 0 Å². The van der Waals surface area contributed by atoms with E-state index in [1.165, 1.54) is 42.7 Å². The van der Waals surface area contributed by atoms with E-state index in [2.05, 4.69) is 10.1 Å². The summed E-state index contributed by atoms with van der Waals surface area (Å²) in [6, 6.07) is 12.6. The number of anilines is 1. The second-order valence-corrected chi connectivity index (χ2v) is 8.43. The zero-order valence-electron chi connectivity index (χ0n) is 15.5. The Morgan fingerprint density at radius 3 is 2.46 bits per heavy atom. The fourth-order valence-corrected chi connectivity index (χ4v) is 3.87. The van der Waals surface area contributed by atoms with Crippen molar-refractivity contribution < 1.29 is 22.7 Å². The topological polar surface area (TPSA) is 92.8 Å². The second-order valence-electron chi connectivity index (χ2n) is 5.98. The summed E-state index contributed by atoms with van der Waals surface area (Å²) in [5, 5.41) is 2.88. The number of nitrogens with zero attached hydrogens (tertiary/aromatic N) is 1. The smallest absolute Gasteiger partial charge is 0.339 e. The van der Waals surface area contributed by atoms with E-state index in [0.29, 0.717) is 12.1 Å². The van der Waals surface area contributed by atoms with Gasteiger partial charge in [0, 0.05) is 25.7 Å². The first-order chi connectivity index (χ1) is 13.3. The fourth-order valence-electron chi connectivity index (χ4n) is 2.45. The van der Waals surface area contributed by atoms with Gasteiger partial charge in [-0.05, 0) is 36.8 Å². The quantitative estimate of drug-likeness (QED) is 0.657. The molecule has 0 fully saturated rings. The molecule has 0 atom stereocenters. The zero-order valence-corrected chi connectivity index (χ0v) is 17.1. The van der Waals surface area contributed by atoms with Gasteiger partial charge in [0.25, 0.3) is 0 Å². The minimum Gasteiger partial charge on any atom is -0.465 e. The van der Waals surface area contributed by atoms with E-state index in [4.69, 9.17) is 11.6 Å². The van der Waals surface area contributed by atoms with Crippen LogP contribution in [0.15, 0.2) is 53.4 Å². The van der Waals surface area contributed by atoms with Crippen LogP contribution in [-0.4, -0.2) is 45.3 Å². The molecule has 2 aromatic rings. The summed E-state index contributed by atoms with van der Waals surface area (Å²) in [6.07, 6.45) is 0.455. The molecule has 0 saturated heterocycles. The minimum atomic E-state index is -3.58. The Bertz CT molecular complexity index is 948. The normalized spacial score (nSPS) is 11.3. The van der Waals surface area contributed by atoms with Gasteiger partial charge in [-0.2, -0.15) is 0 Å². The van der Waals surface area contributed by atoms with Gasteiger partial charge in [-0.25, -0.2) is 17.5 Å². The molecule has 9 heteroatoms. The van der Waals surface area contributed by atoms with E-state index < -0.39 is 16.0 Å². The van der Waals surface area contributed by atoms with E-state index in [0.717, 1.165) is 0 Å². The number of amides is 1. The fraction of sp³-hybridized carbons (Fsp3) is 0.263. The third-order valence-corrected chi connectivity index (χ3v) is 6.18. The molecule has 2 aromatic carbocycles. The summed E-state index contributed by atoms with van der Waals surface area (Å²) < 4.78 is 30.7. The van der Waals surface area contributed by atoms with Crippen LogP contribution in [0, 0.1) is 0 Å². The van der Waals surface area contributed by atoms with E-state index in [1.807, 2.05) is 0 Å².